The second kappa shape index (κ2) is 4.14. The van der Waals surface area contributed by atoms with Gasteiger partial charge in [0.1, 0.15) is 0 Å². The highest BCUT2D eigenvalue weighted by molar-refractivity contribution is 6.31. The van der Waals surface area contributed by atoms with Gasteiger partial charge in [0.2, 0.25) is 11.8 Å². The standard InChI is InChI=1S/C13H11ClN2O2/c14-10-3-1-2-9-8(10)4-5-16-11(9)6-12(17)15-7-13(16)18/h1-3,6H,4-5,7H2,(H,15,17). The van der Waals surface area contributed by atoms with E-state index in [0.717, 1.165) is 11.1 Å². The van der Waals surface area contributed by atoms with Crippen LogP contribution in [0.25, 0.3) is 5.70 Å². The fourth-order valence-electron chi connectivity index (χ4n) is 2.39. The molecule has 4 nitrogen and oxygen atoms in total. The Kier molecular flexibility index (Phi) is 2.59. The second-order valence-electron chi connectivity index (χ2n) is 4.31. The Morgan fingerprint density at radius 3 is 2.94 bits per heavy atom. The zero-order valence-electron chi connectivity index (χ0n) is 9.57. The first-order valence-corrected chi connectivity index (χ1v) is 6.12. The van der Waals surface area contributed by atoms with Crippen LogP contribution >= 0.6 is 11.6 Å². The van der Waals surface area contributed by atoms with Gasteiger partial charge in [-0.05, 0) is 18.1 Å². The SMILES string of the molecule is O=C1C=C2c3cccc(Cl)c3CCN2C(=O)CN1. The first-order chi connectivity index (χ1) is 8.66. The Bertz CT molecular complexity index is 580. The molecule has 2 amide bonds. The van der Waals surface area contributed by atoms with Crippen molar-refractivity contribution < 1.29 is 9.59 Å². The molecule has 0 aromatic heterocycles. The molecule has 1 aromatic carbocycles. The third-order valence-corrected chi connectivity index (χ3v) is 3.61. The van der Waals surface area contributed by atoms with Crippen molar-refractivity contribution in [2.45, 2.75) is 6.42 Å². The Labute approximate surface area is 109 Å². The van der Waals surface area contributed by atoms with Gasteiger partial charge in [0.25, 0.3) is 0 Å². The van der Waals surface area contributed by atoms with Crippen LogP contribution < -0.4 is 5.32 Å². The molecule has 2 aliphatic rings. The predicted molar refractivity (Wildman–Crippen MR) is 67.9 cm³/mol. The van der Waals surface area contributed by atoms with Crippen molar-refractivity contribution in [2.24, 2.45) is 0 Å². The van der Waals surface area contributed by atoms with Crippen LogP contribution in [0, 0.1) is 0 Å². The molecule has 0 fully saturated rings. The molecule has 0 saturated heterocycles. The largest absolute Gasteiger partial charge is 0.343 e. The van der Waals surface area contributed by atoms with Gasteiger partial charge >= 0.3 is 0 Å². The normalized spacial score (nSPS) is 18.5. The molecule has 0 unspecified atom stereocenters. The van der Waals surface area contributed by atoms with E-state index >= 15 is 0 Å². The molecule has 0 aliphatic carbocycles. The monoisotopic (exact) mass is 262 g/mol. The van der Waals surface area contributed by atoms with Crippen LogP contribution in [0.4, 0.5) is 0 Å². The lowest BCUT2D eigenvalue weighted by molar-refractivity contribution is -0.128. The minimum atomic E-state index is -0.242. The van der Waals surface area contributed by atoms with E-state index in [4.69, 9.17) is 11.6 Å². The summed E-state index contributed by atoms with van der Waals surface area (Å²) < 4.78 is 0. The zero-order chi connectivity index (χ0) is 12.7. The summed E-state index contributed by atoms with van der Waals surface area (Å²) in [5.74, 6) is -0.327. The molecule has 0 bridgehead atoms. The summed E-state index contributed by atoms with van der Waals surface area (Å²) in [6.07, 6.45) is 2.19. The summed E-state index contributed by atoms with van der Waals surface area (Å²) in [4.78, 5) is 25.2. The lowest BCUT2D eigenvalue weighted by atomic mass is 9.96. The van der Waals surface area contributed by atoms with Gasteiger partial charge in [0.15, 0.2) is 0 Å². The molecule has 18 heavy (non-hydrogen) atoms. The van der Waals surface area contributed by atoms with E-state index in [2.05, 4.69) is 5.32 Å². The van der Waals surface area contributed by atoms with Gasteiger partial charge in [-0.2, -0.15) is 0 Å². The van der Waals surface area contributed by atoms with Crippen molar-refractivity contribution in [3.8, 4) is 0 Å². The molecule has 2 aliphatic heterocycles. The van der Waals surface area contributed by atoms with Gasteiger partial charge in [-0.15, -0.1) is 0 Å². The number of benzene rings is 1. The Hall–Kier alpha value is -1.81. The summed E-state index contributed by atoms with van der Waals surface area (Å²) in [5.41, 5.74) is 2.53. The first-order valence-electron chi connectivity index (χ1n) is 5.74. The van der Waals surface area contributed by atoms with E-state index < -0.39 is 0 Å². The summed E-state index contributed by atoms with van der Waals surface area (Å²) in [5, 5.41) is 3.24. The van der Waals surface area contributed by atoms with E-state index in [1.165, 1.54) is 6.08 Å². The van der Waals surface area contributed by atoms with Gasteiger partial charge in [-0.1, -0.05) is 23.7 Å². The molecule has 0 saturated carbocycles. The Balaban J connectivity index is 2.18. The second-order valence-corrected chi connectivity index (χ2v) is 4.72. The third kappa shape index (κ3) is 1.69. The molecular formula is C13H11ClN2O2. The number of carbonyl (C=O) groups excluding carboxylic acids is 2. The molecule has 2 heterocycles. The molecular weight excluding hydrogens is 252 g/mol. The number of rotatable bonds is 0. The van der Waals surface area contributed by atoms with Crippen molar-refractivity contribution in [1.82, 2.24) is 10.2 Å². The maximum atomic E-state index is 11.9. The highest BCUT2D eigenvalue weighted by Crippen LogP contribution is 2.33. The topological polar surface area (TPSA) is 49.4 Å². The number of fused-ring (bicyclic) bond motifs is 3. The van der Waals surface area contributed by atoms with Crippen molar-refractivity contribution in [3.63, 3.8) is 0 Å². The summed E-state index contributed by atoms with van der Waals surface area (Å²) >= 11 is 6.16. The third-order valence-electron chi connectivity index (χ3n) is 3.25. The first kappa shape index (κ1) is 11.3. The van der Waals surface area contributed by atoms with Crippen molar-refractivity contribution in [2.75, 3.05) is 13.1 Å². The van der Waals surface area contributed by atoms with E-state index in [-0.39, 0.29) is 18.4 Å². The number of carbonyl (C=O) groups is 2. The van der Waals surface area contributed by atoms with Crippen LogP contribution in [0.1, 0.15) is 11.1 Å². The van der Waals surface area contributed by atoms with Gasteiger partial charge in [-0.3, -0.25) is 9.59 Å². The minimum absolute atomic E-state index is 0.0503. The lowest BCUT2D eigenvalue weighted by Gasteiger charge is -2.30. The van der Waals surface area contributed by atoms with Crippen LogP contribution in [0.5, 0.6) is 0 Å². The van der Waals surface area contributed by atoms with Crippen LogP contribution in [0.3, 0.4) is 0 Å². The highest BCUT2D eigenvalue weighted by Gasteiger charge is 2.29. The minimum Gasteiger partial charge on any atom is -0.343 e. The number of hydrogen-bond donors (Lipinski definition) is 1. The Morgan fingerprint density at radius 1 is 1.28 bits per heavy atom. The summed E-state index contributed by atoms with van der Waals surface area (Å²) in [6.45, 7) is 0.616. The maximum Gasteiger partial charge on any atom is 0.246 e. The van der Waals surface area contributed by atoms with Gasteiger partial charge < -0.3 is 10.2 Å². The number of amides is 2. The van der Waals surface area contributed by atoms with Gasteiger partial charge in [0, 0.05) is 23.2 Å². The molecule has 1 aromatic rings. The Morgan fingerprint density at radius 2 is 2.11 bits per heavy atom. The van der Waals surface area contributed by atoms with E-state index in [0.29, 0.717) is 23.7 Å². The molecule has 1 N–H and O–H groups in total. The van der Waals surface area contributed by atoms with Crippen molar-refractivity contribution in [3.05, 3.63) is 40.4 Å². The molecule has 0 atom stereocenters. The number of halogens is 1. The molecule has 0 radical (unpaired) electrons. The highest BCUT2D eigenvalue weighted by atomic mass is 35.5. The van der Waals surface area contributed by atoms with Crippen LogP contribution in [-0.2, 0) is 16.0 Å². The van der Waals surface area contributed by atoms with E-state index in [1.807, 2.05) is 18.2 Å². The molecule has 92 valence electrons. The van der Waals surface area contributed by atoms with Crippen LogP contribution in [0.2, 0.25) is 5.02 Å². The van der Waals surface area contributed by atoms with Crippen LogP contribution in [0.15, 0.2) is 24.3 Å². The quantitative estimate of drug-likeness (QED) is 0.764. The number of nitrogens with zero attached hydrogens (tertiary/aromatic N) is 1. The van der Waals surface area contributed by atoms with E-state index in [9.17, 15) is 9.59 Å². The number of hydrogen-bond acceptors (Lipinski definition) is 2. The summed E-state index contributed by atoms with van der Waals surface area (Å²) in [7, 11) is 0. The van der Waals surface area contributed by atoms with Crippen molar-refractivity contribution in [1.29, 1.82) is 0 Å². The fraction of sp³-hybridized carbons (Fsp3) is 0.231. The maximum absolute atomic E-state index is 11.9. The smallest absolute Gasteiger partial charge is 0.246 e. The van der Waals surface area contributed by atoms with Crippen LogP contribution in [-0.4, -0.2) is 29.8 Å². The number of nitrogens with one attached hydrogen (secondary N) is 1. The van der Waals surface area contributed by atoms with Gasteiger partial charge in [-0.25, -0.2) is 0 Å². The fourth-order valence-corrected chi connectivity index (χ4v) is 2.66. The summed E-state index contributed by atoms with van der Waals surface area (Å²) in [6, 6.07) is 5.55. The predicted octanol–water partition coefficient (Wildman–Crippen LogP) is 1.20. The molecule has 0 spiro atoms. The average molecular weight is 263 g/mol. The average Bonchev–Trinajstić information content (AvgIpc) is 2.50. The van der Waals surface area contributed by atoms with Gasteiger partial charge in [0.05, 0.1) is 12.2 Å². The van der Waals surface area contributed by atoms with E-state index in [1.54, 1.807) is 4.90 Å². The lowest BCUT2D eigenvalue weighted by Crippen LogP contribution is -2.38. The molecule has 3 rings (SSSR count). The zero-order valence-corrected chi connectivity index (χ0v) is 10.3. The molecule has 5 heteroatoms. The van der Waals surface area contributed by atoms with Crippen molar-refractivity contribution >= 4 is 29.1 Å².